The van der Waals surface area contributed by atoms with Crippen molar-refractivity contribution in [2.45, 2.75) is 38.6 Å². The van der Waals surface area contributed by atoms with Crippen LogP contribution < -0.4 is 10.6 Å². The van der Waals surface area contributed by atoms with E-state index in [1.807, 2.05) is 0 Å². The van der Waals surface area contributed by atoms with Gasteiger partial charge in [0.05, 0.1) is 0 Å². The highest BCUT2D eigenvalue weighted by atomic mass is 16.1. The lowest BCUT2D eigenvalue weighted by Crippen LogP contribution is -2.53. The molecule has 3 nitrogen and oxygen atoms in total. The summed E-state index contributed by atoms with van der Waals surface area (Å²) >= 11 is 0. The van der Waals surface area contributed by atoms with Crippen LogP contribution in [0, 0.1) is 0 Å². The van der Waals surface area contributed by atoms with Crippen LogP contribution in [-0.2, 0) is 4.79 Å². The highest BCUT2D eigenvalue weighted by Crippen LogP contribution is 2.21. The van der Waals surface area contributed by atoms with Crippen LogP contribution in [-0.4, -0.2) is 24.5 Å². The van der Waals surface area contributed by atoms with Gasteiger partial charge < -0.3 is 10.6 Å². The number of rotatable bonds is 2. The van der Waals surface area contributed by atoms with Crippen LogP contribution in [0.5, 0.6) is 0 Å². The van der Waals surface area contributed by atoms with Gasteiger partial charge in [0.25, 0.3) is 0 Å². The molecule has 1 fully saturated rings. The third kappa shape index (κ3) is 2.21. The lowest BCUT2D eigenvalue weighted by Gasteiger charge is -2.37. The van der Waals surface area contributed by atoms with E-state index in [0.717, 1.165) is 32.4 Å². The molecule has 3 heteroatoms. The molecule has 0 spiro atoms. The molecule has 1 aliphatic heterocycles. The van der Waals surface area contributed by atoms with Gasteiger partial charge in [0.1, 0.15) is 0 Å². The largest absolute Gasteiger partial charge is 0.351 e. The first-order valence-corrected chi connectivity index (χ1v) is 4.68. The van der Waals surface area contributed by atoms with Gasteiger partial charge in [0.2, 0.25) is 5.91 Å². The predicted octanol–water partition coefficient (Wildman–Crippen LogP) is 0.655. The third-order valence-electron chi connectivity index (χ3n) is 2.68. The Morgan fingerprint density at radius 1 is 1.50 bits per heavy atom. The molecule has 1 heterocycles. The zero-order valence-corrected chi connectivity index (χ0v) is 7.94. The zero-order chi connectivity index (χ0) is 9.03. The lowest BCUT2D eigenvalue weighted by atomic mass is 9.86. The maximum atomic E-state index is 10.9. The van der Waals surface area contributed by atoms with Crippen LogP contribution in [0.4, 0.5) is 0 Å². The molecule has 0 aromatic carbocycles. The van der Waals surface area contributed by atoms with E-state index in [2.05, 4.69) is 17.6 Å². The number of carbonyl (C=O) groups excluding carboxylic acids is 1. The maximum Gasteiger partial charge on any atom is 0.217 e. The molecule has 0 saturated carbocycles. The summed E-state index contributed by atoms with van der Waals surface area (Å²) in [5.74, 6) is 0.0961. The quantitative estimate of drug-likeness (QED) is 0.639. The number of amides is 1. The van der Waals surface area contributed by atoms with E-state index in [-0.39, 0.29) is 11.4 Å². The Morgan fingerprint density at radius 3 is 2.50 bits per heavy atom. The van der Waals surface area contributed by atoms with Crippen molar-refractivity contribution in [1.29, 1.82) is 0 Å². The molecule has 12 heavy (non-hydrogen) atoms. The molecule has 1 rings (SSSR count). The van der Waals surface area contributed by atoms with Crippen molar-refractivity contribution < 1.29 is 4.79 Å². The van der Waals surface area contributed by atoms with Crippen molar-refractivity contribution in [3.63, 3.8) is 0 Å². The molecule has 2 N–H and O–H groups in total. The van der Waals surface area contributed by atoms with Crippen molar-refractivity contribution in [3.05, 3.63) is 0 Å². The average molecular weight is 170 g/mol. The Labute approximate surface area is 73.9 Å². The number of hydrogen-bond donors (Lipinski definition) is 2. The van der Waals surface area contributed by atoms with Gasteiger partial charge in [-0.2, -0.15) is 0 Å². The molecule has 0 unspecified atom stereocenters. The summed E-state index contributed by atoms with van der Waals surface area (Å²) in [7, 11) is 0. The van der Waals surface area contributed by atoms with Crippen molar-refractivity contribution >= 4 is 5.91 Å². The van der Waals surface area contributed by atoms with Crippen molar-refractivity contribution in [2.75, 3.05) is 13.1 Å². The standard InChI is InChI=1S/C9H18N2O/c1-3-9(11-8(2)12)4-6-10-7-5-9/h10H,3-7H2,1-2H3,(H,11,12). The van der Waals surface area contributed by atoms with Crippen LogP contribution in [0.15, 0.2) is 0 Å². The monoisotopic (exact) mass is 170 g/mol. The van der Waals surface area contributed by atoms with Crippen LogP contribution in [0.3, 0.4) is 0 Å². The van der Waals surface area contributed by atoms with Crippen LogP contribution >= 0.6 is 0 Å². The van der Waals surface area contributed by atoms with Crippen LogP contribution in [0.1, 0.15) is 33.1 Å². The highest BCUT2D eigenvalue weighted by molar-refractivity contribution is 5.73. The Kier molecular flexibility index (Phi) is 3.09. The van der Waals surface area contributed by atoms with Gasteiger partial charge in [0.15, 0.2) is 0 Å². The minimum Gasteiger partial charge on any atom is -0.351 e. The number of carbonyl (C=O) groups is 1. The van der Waals surface area contributed by atoms with E-state index in [1.54, 1.807) is 6.92 Å². The Morgan fingerprint density at radius 2 is 2.08 bits per heavy atom. The second-order valence-corrected chi connectivity index (χ2v) is 3.57. The van der Waals surface area contributed by atoms with Crippen LogP contribution in [0.25, 0.3) is 0 Å². The zero-order valence-electron chi connectivity index (χ0n) is 7.94. The molecule has 1 saturated heterocycles. The fraction of sp³-hybridized carbons (Fsp3) is 0.889. The summed E-state index contributed by atoms with van der Waals surface area (Å²) in [5, 5.41) is 6.36. The van der Waals surface area contributed by atoms with Gasteiger partial charge in [-0.15, -0.1) is 0 Å². The summed E-state index contributed by atoms with van der Waals surface area (Å²) < 4.78 is 0. The first kappa shape index (κ1) is 9.52. The summed E-state index contributed by atoms with van der Waals surface area (Å²) in [6, 6.07) is 0. The topological polar surface area (TPSA) is 41.1 Å². The van der Waals surface area contributed by atoms with Gasteiger partial charge in [-0.05, 0) is 32.4 Å². The number of nitrogens with one attached hydrogen (secondary N) is 2. The van der Waals surface area contributed by atoms with Gasteiger partial charge >= 0.3 is 0 Å². The molecule has 0 aromatic rings. The summed E-state index contributed by atoms with van der Waals surface area (Å²) in [5.41, 5.74) is 0.0804. The Balaban J connectivity index is 2.53. The third-order valence-corrected chi connectivity index (χ3v) is 2.68. The molecule has 70 valence electrons. The van der Waals surface area contributed by atoms with Crippen molar-refractivity contribution in [2.24, 2.45) is 0 Å². The van der Waals surface area contributed by atoms with E-state index in [0.29, 0.717) is 0 Å². The molecule has 0 radical (unpaired) electrons. The van der Waals surface area contributed by atoms with Crippen LogP contribution in [0.2, 0.25) is 0 Å². The van der Waals surface area contributed by atoms with E-state index >= 15 is 0 Å². The number of hydrogen-bond acceptors (Lipinski definition) is 2. The minimum absolute atomic E-state index is 0.0804. The predicted molar refractivity (Wildman–Crippen MR) is 48.9 cm³/mol. The molecule has 0 bridgehead atoms. The van der Waals surface area contributed by atoms with E-state index < -0.39 is 0 Å². The molecular weight excluding hydrogens is 152 g/mol. The van der Waals surface area contributed by atoms with Gasteiger partial charge in [-0.3, -0.25) is 4.79 Å². The molecule has 0 aliphatic carbocycles. The second kappa shape index (κ2) is 3.90. The van der Waals surface area contributed by atoms with Gasteiger partial charge in [-0.25, -0.2) is 0 Å². The van der Waals surface area contributed by atoms with Crippen molar-refractivity contribution in [3.8, 4) is 0 Å². The summed E-state index contributed by atoms with van der Waals surface area (Å²) in [4.78, 5) is 10.9. The van der Waals surface area contributed by atoms with E-state index in [9.17, 15) is 4.79 Å². The molecular formula is C9H18N2O. The normalized spacial score (nSPS) is 21.8. The van der Waals surface area contributed by atoms with E-state index in [4.69, 9.17) is 0 Å². The van der Waals surface area contributed by atoms with E-state index in [1.165, 1.54) is 0 Å². The first-order chi connectivity index (χ1) is 5.68. The summed E-state index contributed by atoms with van der Waals surface area (Å²) in [6.07, 6.45) is 3.15. The Hall–Kier alpha value is -0.570. The smallest absolute Gasteiger partial charge is 0.217 e. The van der Waals surface area contributed by atoms with Crippen molar-refractivity contribution in [1.82, 2.24) is 10.6 Å². The SMILES string of the molecule is CCC1(NC(C)=O)CCNCC1. The Bertz CT molecular complexity index is 162. The maximum absolute atomic E-state index is 10.9. The lowest BCUT2D eigenvalue weighted by molar-refractivity contribution is -0.121. The highest BCUT2D eigenvalue weighted by Gasteiger charge is 2.30. The molecule has 1 aliphatic rings. The fourth-order valence-corrected chi connectivity index (χ4v) is 1.85. The summed E-state index contributed by atoms with van der Waals surface area (Å²) in [6.45, 7) is 5.78. The average Bonchev–Trinajstić information content (AvgIpc) is 2.05. The van der Waals surface area contributed by atoms with Gasteiger partial charge in [-0.1, -0.05) is 6.92 Å². The van der Waals surface area contributed by atoms with Gasteiger partial charge in [0, 0.05) is 12.5 Å². The second-order valence-electron chi connectivity index (χ2n) is 3.57. The molecule has 0 atom stereocenters. The molecule has 0 aromatic heterocycles. The molecule has 1 amide bonds. The first-order valence-electron chi connectivity index (χ1n) is 4.68. The number of piperidine rings is 1. The minimum atomic E-state index is 0.0804. The fourth-order valence-electron chi connectivity index (χ4n) is 1.85.